The number of hydrogen-bond donors (Lipinski definition) is 2. The Bertz CT molecular complexity index is 512. The summed E-state index contributed by atoms with van der Waals surface area (Å²) in [6.07, 6.45) is 2.66. The maximum absolute atomic E-state index is 11.1. The Kier molecular flexibility index (Phi) is 2.45. The number of carboxylic acid groups (broad SMARTS) is 1. The number of aromatic nitrogens is 1. The van der Waals surface area contributed by atoms with Crippen LogP contribution in [0.4, 0.5) is 0 Å². The minimum atomic E-state index is -1.16. The molecule has 2 rings (SSSR count). The van der Waals surface area contributed by atoms with Crippen molar-refractivity contribution in [3.63, 3.8) is 0 Å². The molecule has 2 aromatic heterocycles. The second kappa shape index (κ2) is 3.78. The van der Waals surface area contributed by atoms with E-state index >= 15 is 0 Å². The van der Waals surface area contributed by atoms with Gasteiger partial charge in [-0.25, -0.2) is 9.78 Å². The summed E-state index contributed by atoms with van der Waals surface area (Å²) in [5.74, 6) is -1.78. The Morgan fingerprint density at radius 1 is 1.50 bits per heavy atom. The van der Waals surface area contributed by atoms with E-state index < -0.39 is 11.9 Å². The highest BCUT2D eigenvalue weighted by atomic mass is 32.1. The Hall–Kier alpha value is -2.15. The lowest BCUT2D eigenvalue weighted by molar-refractivity contribution is 0.0698. The Morgan fingerprint density at radius 2 is 2.25 bits per heavy atom. The average Bonchev–Trinajstić information content (AvgIpc) is 2.85. The lowest BCUT2D eigenvalue weighted by Gasteiger charge is -1.97. The molecular weight excluding hydrogens is 232 g/mol. The van der Waals surface area contributed by atoms with Gasteiger partial charge in [0, 0.05) is 5.38 Å². The highest BCUT2D eigenvalue weighted by Gasteiger charge is 2.24. The number of thiophene rings is 1. The molecule has 0 spiro atoms. The van der Waals surface area contributed by atoms with Crippen molar-refractivity contribution in [3.8, 4) is 11.5 Å². The first-order chi connectivity index (χ1) is 7.61. The number of carbonyl (C=O) groups excluding carboxylic acids is 1. The molecule has 0 radical (unpaired) electrons. The van der Waals surface area contributed by atoms with Crippen molar-refractivity contribution < 1.29 is 19.1 Å². The lowest BCUT2D eigenvalue weighted by atomic mass is 10.1. The van der Waals surface area contributed by atoms with Gasteiger partial charge in [0.1, 0.15) is 11.1 Å². The summed E-state index contributed by atoms with van der Waals surface area (Å²) >= 11 is 0.955. The fourth-order valence-corrected chi connectivity index (χ4v) is 2.14. The molecule has 0 saturated heterocycles. The number of carboxylic acids is 1. The molecule has 0 aromatic carbocycles. The number of hydrogen-bond acceptors (Lipinski definition) is 5. The smallest absolute Gasteiger partial charge is 0.337 e. The number of primary amides is 1. The first-order valence-electron chi connectivity index (χ1n) is 4.15. The van der Waals surface area contributed by atoms with E-state index in [-0.39, 0.29) is 21.9 Å². The zero-order valence-electron chi connectivity index (χ0n) is 7.84. The SMILES string of the molecule is NC(=O)c1scc(C(=O)O)c1-c1ncco1. The van der Waals surface area contributed by atoms with Gasteiger partial charge in [-0.2, -0.15) is 0 Å². The third kappa shape index (κ3) is 1.57. The Morgan fingerprint density at radius 3 is 2.75 bits per heavy atom. The molecule has 0 aliphatic carbocycles. The topological polar surface area (TPSA) is 106 Å². The van der Waals surface area contributed by atoms with E-state index in [9.17, 15) is 9.59 Å². The molecule has 0 atom stereocenters. The number of rotatable bonds is 3. The van der Waals surface area contributed by atoms with Crippen molar-refractivity contribution in [1.82, 2.24) is 4.98 Å². The van der Waals surface area contributed by atoms with Crippen LogP contribution in [0.15, 0.2) is 22.3 Å². The van der Waals surface area contributed by atoms with Crippen molar-refractivity contribution in [2.75, 3.05) is 0 Å². The lowest BCUT2D eigenvalue weighted by Crippen LogP contribution is -2.11. The molecule has 2 heterocycles. The number of nitrogens with two attached hydrogens (primary N) is 1. The first-order valence-corrected chi connectivity index (χ1v) is 5.03. The summed E-state index contributed by atoms with van der Waals surface area (Å²) in [4.78, 5) is 26.0. The quantitative estimate of drug-likeness (QED) is 0.835. The van der Waals surface area contributed by atoms with Gasteiger partial charge in [0.15, 0.2) is 0 Å². The first kappa shape index (κ1) is 10.4. The summed E-state index contributed by atoms with van der Waals surface area (Å²) in [5.41, 5.74) is 5.24. The summed E-state index contributed by atoms with van der Waals surface area (Å²) in [6.45, 7) is 0. The molecule has 0 aliphatic rings. The van der Waals surface area contributed by atoms with Crippen molar-refractivity contribution >= 4 is 23.2 Å². The predicted octanol–water partition coefficient (Wildman–Crippen LogP) is 1.20. The molecule has 7 heteroatoms. The van der Waals surface area contributed by atoms with Gasteiger partial charge in [0.2, 0.25) is 5.89 Å². The van der Waals surface area contributed by atoms with E-state index in [2.05, 4.69) is 4.98 Å². The van der Waals surface area contributed by atoms with Gasteiger partial charge in [-0.1, -0.05) is 0 Å². The molecule has 0 fully saturated rings. The second-order valence-electron chi connectivity index (χ2n) is 2.86. The van der Waals surface area contributed by atoms with E-state index in [1.807, 2.05) is 0 Å². The van der Waals surface area contributed by atoms with E-state index in [1.54, 1.807) is 0 Å². The van der Waals surface area contributed by atoms with Crippen LogP contribution in [-0.2, 0) is 0 Å². The normalized spacial score (nSPS) is 10.2. The maximum Gasteiger partial charge on any atom is 0.337 e. The molecule has 3 N–H and O–H groups in total. The third-order valence-corrected chi connectivity index (χ3v) is 2.89. The Balaban J connectivity index is 2.68. The Labute approximate surface area is 93.3 Å². The van der Waals surface area contributed by atoms with Crippen LogP contribution in [0.2, 0.25) is 0 Å². The molecular formula is C9H6N2O4S. The van der Waals surface area contributed by atoms with E-state index in [4.69, 9.17) is 15.3 Å². The monoisotopic (exact) mass is 238 g/mol. The second-order valence-corrected chi connectivity index (χ2v) is 3.74. The summed E-state index contributed by atoms with van der Waals surface area (Å²) < 4.78 is 4.98. The van der Waals surface area contributed by atoms with Crippen molar-refractivity contribution in [1.29, 1.82) is 0 Å². The largest absolute Gasteiger partial charge is 0.478 e. The van der Waals surface area contributed by atoms with Gasteiger partial charge in [-0.15, -0.1) is 11.3 Å². The number of aromatic carboxylic acids is 1. The molecule has 0 unspecified atom stereocenters. The van der Waals surface area contributed by atoms with Crippen LogP contribution < -0.4 is 5.73 Å². The third-order valence-electron chi connectivity index (χ3n) is 1.89. The van der Waals surface area contributed by atoms with Gasteiger partial charge in [0.05, 0.1) is 17.3 Å². The van der Waals surface area contributed by atoms with Crippen LogP contribution in [0.3, 0.4) is 0 Å². The summed E-state index contributed by atoms with van der Waals surface area (Å²) in [5, 5.41) is 10.3. The summed E-state index contributed by atoms with van der Waals surface area (Å²) in [6, 6.07) is 0. The predicted molar refractivity (Wildman–Crippen MR) is 55.3 cm³/mol. The van der Waals surface area contributed by atoms with Gasteiger partial charge in [-0.05, 0) is 0 Å². The summed E-state index contributed by atoms with van der Waals surface area (Å²) in [7, 11) is 0. The molecule has 16 heavy (non-hydrogen) atoms. The van der Waals surface area contributed by atoms with Crippen molar-refractivity contribution in [3.05, 3.63) is 28.3 Å². The van der Waals surface area contributed by atoms with Crippen LogP contribution in [0.5, 0.6) is 0 Å². The zero-order valence-corrected chi connectivity index (χ0v) is 8.65. The van der Waals surface area contributed by atoms with Crippen LogP contribution in [0.1, 0.15) is 20.0 Å². The van der Waals surface area contributed by atoms with E-state index in [0.717, 1.165) is 11.3 Å². The molecule has 6 nitrogen and oxygen atoms in total. The highest BCUT2D eigenvalue weighted by Crippen LogP contribution is 2.31. The standard InChI is InChI=1S/C9H6N2O4S/c10-7(12)6-5(8-11-1-2-15-8)4(3-16-6)9(13)14/h1-3H,(H2,10,12)(H,13,14). The molecule has 1 amide bonds. The van der Waals surface area contributed by atoms with E-state index in [1.165, 1.54) is 17.8 Å². The van der Waals surface area contributed by atoms with Crippen LogP contribution in [-0.4, -0.2) is 22.0 Å². The van der Waals surface area contributed by atoms with Crippen molar-refractivity contribution in [2.24, 2.45) is 5.73 Å². The van der Waals surface area contributed by atoms with Gasteiger partial charge in [0.25, 0.3) is 5.91 Å². The molecule has 0 saturated carbocycles. The van der Waals surface area contributed by atoms with Crippen LogP contribution >= 0.6 is 11.3 Å². The van der Waals surface area contributed by atoms with Crippen LogP contribution in [0.25, 0.3) is 11.5 Å². The average molecular weight is 238 g/mol. The number of nitrogens with zero attached hydrogens (tertiary/aromatic N) is 1. The fourth-order valence-electron chi connectivity index (χ4n) is 1.26. The van der Waals surface area contributed by atoms with Gasteiger partial charge in [-0.3, -0.25) is 4.79 Å². The minimum absolute atomic E-state index is 0.0405. The molecule has 2 aromatic rings. The minimum Gasteiger partial charge on any atom is -0.478 e. The van der Waals surface area contributed by atoms with Crippen LogP contribution in [0, 0.1) is 0 Å². The molecule has 0 aliphatic heterocycles. The fraction of sp³-hybridized carbons (Fsp3) is 0. The van der Waals surface area contributed by atoms with Gasteiger partial charge < -0.3 is 15.3 Å². The molecule has 82 valence electrons. The number of carbonyl (C=O) groups is 2. The maximum atomic E-state index is 11.1. The van der Waals surface area contributed by atoms with E-state index in [0.29, 0.717) is 0 Å². The van der Waals surface area contributed by atoms with Crippen molar-refractivity contribution in [2.45, 2.75) is 0 Å². The number of oxazole rings is 1. The molecule has 0 bridgehead atoms. The zero-order chi connectivity index (χ0) is 11.7. The number of amides is 1. The van der Waals surface area contributed by atoms with Gasteiger partial charge >= 0.3 is 5.97 Å². The highest BCUT2D eigenvalue weighted by molar-refractivity contribution is 7.13.